The Kier molecular flexibility index (Phi) is 6.19. The summed E-state index contributed by atoms with van der Waals surface area (Å²) in [7, 11) is 5.36. The highest BCUT2D eigenvalue weighted by Gasteiger charge is 2.25. The van der Waals surface area contributed by atoms with Crippen LogP contribution < -0.4 is 20.5 Å². The average molecular weight is 431 g/mol. The minimum absolute atomic E-state index is 0.125. The van der Waals surface area contributed by atoms with Crippen molar-refractivity contribution in [1.82, 2.24) is 19.9 Å². The molecule has 3 aromatic rings. The molecule has 1 fully saturated rings. The van der Waals surface area contributed by atoms with Crippen LogP contribution in [0.3, 0.4) is 0 Å². The van der Waals surface area contributed by atoms with Gasteiger partial charge in [-0.1, -0.05) is 24.8 Å². The number of piperidine rings is 1. The minimum atomic E-state index is -0.125. The molecule has 8 heteroatoms. The molecule has 0 bridgehead atoms. The van der Waals surface area contributed by atoms with Gasteiger partial charge in [-0.15, -0.1) is 4.98 Å². The molecule has 0 atom stereocenters. The first kappa shape index (κ1) is 21.5. The smallest absolute Gasteiger partial charge is 0.269 e. The van der Waals surface area contributed by atoms with Crippen LogP contribution in [-0.2, 0) is 7.05 Å². The number of nitrogens with zero attached hydrogens (tertiary/aromatic N) is 5. The van der Waals surface area contributed by atoms with Gasteiger partial charge < -0.3 is 19.8 Å². The molecule has 1 N–H and O–H groups in total. The molecular weight excluding hydrogens is 404 g/mol. The van der Waals surface area contributed by atoms with Crippen molar-refractivity contribution in [2.24, 2.45) is 7.05 Å². The molecule has 0 saturated carbocycles. The van der Waals surface area contributed by atoms with Crippen molar-refractivity contribution in [3.8, 4) is 28.1 Å². The summed E-state index contributed by atoms with van der Waals surface area (Å²) >= 11 is 0. The fraction of sp³-hybridized carbons (Fsp3) is 0.333. The molecule has 32 heavy (non-hydrogen) atoms. The first-order chi connectivity index (χ1) is 15.5. The minimum Gasteiger partial charge on any atom is -0.497 e. The molecular formula is C24H26N6O2. The summed E-state index contributed by atoms with van der Waals surface area (Å²) in [5, 5.41) is 3.33. The highest BCUT2D eigenvalue weighted by atomic mass is 16.5. The standard InChI is InChI=1S/C24H26N6O2/c1-25-18-11-13-30(14-12-18)24-28-22(17-7-10-20(26-2)27-15-17)21(23(31)29(24)3)16-5-8-19(32-4)9-6-16/h5-10,15,18,25H,11-14H2,1,3-4H3. The van der Waals surface area contributed by atoms with Gasteiger partial charge in [0.25, 0.3) is 11.4 Å². The van der Waals surface area contributed by atoms with Crippen LogP contribution in [0.2, 0.25) is 0 Å². The third-order valence-electron chi connectivity index (χ3n) is 5.97. The number of pyridine rings is 1. The number of ether oxygens (including phenoxy) is 1. The van der Waals surface area contributed by atoms with E-state index in [1.165, 1.54) is 0 Å². The second-order valence-electron chi connectivity index (χ2n) is 7.79. The van der Waals surface area contributed by atoms with Crippen molar-refractivity contribution in [3.63, 3.8) is 0 Å². The number of methoxy groups -OCH3 is 1. The molecule has 0 spiro atoms. The number of anilines is 1. The van der Waals surface area contributed by atoms with Crippen molar-refractivity contribution in [2.45, 2.75) is 18.9 Å². The fourth-order valence-electron chi connectivity index (χ4n) is 4.06. The largest absolute Gasteiger partial charge is 0.497 e. The maximum atomic E-state index is 13.6. The van der Waals surface area contributed by atoms with Crippen LogP contribution >= 0.6 is 0 Å². The van der Waals surface area contributed by atoms with Crippen LogP contribution in [0.15, 0.2) is 47.4 Å². The van der Waals surface area contributed by atoms with Gasteiger partial charge in [0.2, 0.25) is 5.95 Å². The number of rotatable bonds is 5. The third kappa shape index (κ3) is 4.07. The van der Waals surface area contributed by atoms with Gasteiger partial charge in [-0.2, -0.15) is 0 Å². The Balaban J connectivity index is 1.87. The molecule has 1 aliphatic rings. The van der Waals surface area contributed by atoms with E-state index in [0.29, 0.717) is 40.4 Å². The summed E-state index contributed by atoms with van der Waals surface area (Å²) < 4.78 is 6.90. The zero-order valence-corrected chi connectivity index (χ0v) is 18.5. The molecule has 8 nitrogen and oxygen atoms in total. The Hall–Kier alpha value is -3.70. The lowest BCUT2D eigenvalue weighted by Gasteiger charge is -2.33. The summed E-state index contributed by atoms with van der Waals surface area (Å²) in [6.07, 6.45) is 3.59. The van der Waals surface area contributed by atoms with Crippen LogP contribution in [0.25, 0.3) is 27.2 Å². The zero-order valence-electron chi connectivity index (χ0n) is 18.5. The van der Waals surface area contributed by atoms with E-state index in [1.54, 1.807) is 37.1 Å². The first-order valence-electron chi connectivity index (χ1n) is 10.6. The van der Waals surface area contributed by atoms with Crippen LogP contribution in [-0.4, -0.2) is 47.8 Å². The van der Waals surface area contributed by atoms with Gasteiger partial charge >= 0.3 is 0 Å². The Morgan fingerprint density at radius 2 is 1.81 bits per heavy atom. The molecule has 0 amide bonds. The van der Waals surface area contributed by atoms with Crippen molar-refractivity contribution < 1.29 is 4.74 Å². The maximum Gasteiger partial charge on any atom is 0.269 e. The molecule has 0 radical (unpaired) electrons. The van der Waals surface area contributed by atoms with E-state index >= 15 is 0 Å². The molecule has 164 valence electrons. The van der Waals surface area contributed by atoms with Gasteiger partial charge in [-0.3, -0.25) is 9.36 Å². The number of nitrogens with one attached hydrogen (secondary N) is 1. The number of benzene rings is 1. The lowest BCUT2D eigenvalue weighted by Crippen LogP contribution is -2.43. The van der Waals surface area contributed by atoms with Gasteiger partial charge in [-0.05, 0) is 43.7 Å². The van der Waals surface area contributed by atoms with Gasteiger partial charge in [0, 0.05) is 31.7 Å². The summed E-state index contributed by atoms with van der Waals surface area (Å²) in [6.45, 7) is 8.81. The monoisotopic (exact) mass is 430 g/mol. The normalized spacial score (nSPS) is 14.2. The van der Waals surface area contributed by atoms with Crippen LogP contribution in [0, 0.1) is 6.57 Å². The Morgan fingerprint density at radius 3 is 2.38 bits per heavy atom. The Bertz CT molecular complexity index is 1190. The molecule has 0 aliphatic carbocycles. The van der Waals surface area contributed by atoms with Crippen LogP contribution in [0.5, 0.6) is 5.75 Å². The average Bonchev–Trinajstić information content (AvgIpc) is 2.86. The highest BCUT2D eigenvalue weighted by molar-refractivity contribution is 5.81. The number of hydrogen-bond donors (Lipinski definition) is 1. The molecule has 0 unspecified atom stereocenters. The van der Waals surface area contributed by atoms with Gasteiger partial charge in [0.05, 0.1) is 18.4 Å². The molecule has 3 heterocycles. The van der Waals surface area contributed by atoms with Crippen LogP contribution in [0.1, 0.15) is 12.8 Å². The van der Waals surface area contributed by atoms with E-state index in [4.69, 9.17) is 16.3 Å². The Labute approximate surface area is 187 Å². The van der Waals surface area contributed by atoms with E-state index in [2.05, 4.69) is 20.0 Å². The van der Waals surface area contributed by atoms with E-state index in [-0.39, 0.29) is 5.56 Å². The van der Waals surface area contributed by atoms with E-state index in [1.807, 2.05) is 31.3 Å². The Morgan fingerprint density at radius 1 is 1.12 bits per heavy atom. The summed E-state index contributed by atoms with van der Waals surface area (Å²) in [5.41, 5.74) is 2.39. The van der Waals surface area contributed by atoms with E-state index in [0.717, 1.165) is 31.5 Å². The molecule has 2 aromatic heterocycles. The second-order valence-corrected chi connectivity index (χ2v) is 7.79. The predicted molar refractivity (Wildman–Crippen MR) is 125 cm³/mol. The number of aromatic nitrogens is 3. The van der Waals surface area contributed by atoms with Crippen molar-refractivity contribution in [2.75, 3.05) is 32.1 Å². The number of hydrogen-bond acceptors (Lipinski definition) is 6. The quantitative estimate of drug-likeness (QED) is 0.626. The van der Waals surface area contributed by atoms with Crippen molar-refractivity contribution in [1.29, 1.82) is 0 Å². The third-order valence-corrected chi connectivity index (χ3v) is 5.97. The zero-order chi connectivity index (χ0) is 22.7. The van der Waals surface area contributed by atoms with Gasteiger partial charge in [0.15, 0.2) is 0 Å². The maximum absolute atomic E-state index is 13.6. The summed E-state index contributed by atoms with van der Waals surface area (Å²) in [5.74, 6) is 1.66. The fourth-order valence-corrected chi connectivity index (χ4v) is 4.06. The summed E-state index contributed by atoms with van der Waals surface area (Å²) in [4.78, 5) is 28.3. The molecule has 1 aliphatic heterocycles. The van der Waals surface area contributed by atoms with Gasteiger partial charge in [-0.25, -0.2) is 4.98 Å². The van der Waals surface area contributed by atoms with Crippen molar-refractivity contribution >= 4 is 11.8 Å². The topological polar surface area (TPSA) is 76.6 Å². The highest BCUT2D eigenvalue weighted by Crippen LogP contribution is 2.31. The predicted octanol–water partition coefficient (Wildman–Crippen LogP) is 3.26. The SMILES string of the molecule is [C-]#[N+]c1ccc(-c2nc(N3CCC(NC)CC3)n(C)c(=O)c2-c2ccc(OC)cc2)cn1. The van der Waals surface area contributed by atoms with E-state index in [9.17, 15) is 4.79 Å². The lowest BCUT2D eigenvalue weighted by atomic mass is 10.0. The molecule has 1 aromatic carbocycles. The lowest BCUT2D eigenvalue weighted by molar-refractivity contribution is 0.415. The van der Waals surface area contributed by atoms with Gasteiger partial charge in [0.1, 0.15) is 11.9 Å². The second kappa shape index (κ2) is 9.20. The molecule has 1 saturated heterocycles. The van der Waals surface area contributed by atoms with Crippen LogP contribution in [0.4, 0.5) is 11.8 Å². The van der Waals surface area contributed by atoms with E-state index < -0.39 is 0 Å². The summed E-state index contributed by atoms with van der Waals surface area (Å²) in [6, 6.07) is 11.3. The first-order valence-corrected chi connectivity index (χ1v) is 10.6. The molecule has 4 rings (SSSR count). The van der Waals surface area contributed by atoms with Crippen molar-refractivity contribution in [3.05, 3.63) is 64.4 Å².